The maximum atomic E-state index is 13.7. The van der Waals surface area contributed by atoms with E-state index in [1.165, 1.54) is 0 Å². The minimum absolute atomic E-state index is 0.0348. The molecule has 210 valence electrons. The molecule has 3 rings (SSSR count). The van der Waals surface area contributed by atoms with E-state index in [1.54, 1.807) is 17.9 Å². The summed E-state index contributed by atoms with van der Waals surface area (Å²) in [5, 5.41) is 0. The lowest BCUT2D eigenvalue weighted by molar-refractivity contribution is -0.118. The summed E-state index contributed by atoms with van der Waals surface area (Å²) in [7, 11) is 1.58. The number of nitrogens with two attached hydrogens (primary N) is 1. The van der Waals surface area contributed by atoms with Crippen molar-refractivity contribution >= 4 is 27.8 Å². The molecule has 8 nitrogen and oxygen atoms in total. The standard InChI is InChI=1S/C30H38BrN3O5/c1-6-11-25-22(16-20-12-8-7-9-13-20)29(33-31)34(39-25)19-24(35)21-17-23(30(2,3)4)28(37-5)26(18-21)38-15-10-14-27(32)36/h7-9,12-13,17-18H,6,10-11,14-16,19H2,1-5H3,(H2,32,36). The molecular weight excluding hydrogens is 562 g/mol. The summed E-state index contributed by atoms with van der Waals surface area (Å²) < 4.78 is 23.7. The Morgan fingerprint density at radius 2 is 1.87 bits per heavy atom. The molecule has 0 saturated heterocycles. The average Bonchev–Trinajstić information content (AvgIpc) is 3.21. The Hall–Kier alpha value is -3.33. The molecule has 1 aromatic heterocycles. The predicted molar refractivity (Wildman–Crippen MR) is 154 cm³/mol. The Balaban J connectivity index is 1.99. The Labute approximate surface area is 238 Å². The van der Waals surface area contributed by atoms with Crippen LogP contribution in [0.1, 0.15) is 79.8 Å². The van der Waals surface area contributed by atoms with Gasteiger partial charge in [-0.15, -0.1) is 0 Å². The minimum Gasteiger partial charge on any atom is -0.493 e. The number of carbonyl (C=O) groups excluding carboxylic acids is 2. The van der Waals surface area contributed by atoms with Crippen LogP contribution in [0.5, 0.6) is 11.5 Å². The van der Waals surface area contributed by atoms with Crippen molar-refractivity contribution in [3.05, 3.63) is 76.0 Å². The SMILES string of the molecule is CCCc1on(CC(=O)c2cc(OCCCC(N)=O)c(OC)c(C(C)(C)C)c2)c(=NBr)c1Cc1ccccc1. The molecule has 2 aromatic carbocycles. The zero-order valence-corrected chi connectivity index (χ0v) is 25.0. The van der Waals surface area contributed by atoms with Gasteiger partial charge in [0.2, 0.25) is 5.91 Å². The monoisotopic (exact) mass is 599 g/mol. The average molecular weight is 601 g/mol. The summed E-state index contributed by atoms with van der Waals surface area (Å²) in [4.78, 5) is 24.8. The Morgan fingerprint density at radius 3 is 2.46 bits per heavy atom. The van der Waals surface area contributed by atoms with E-state index in [1.807, 2.05) is 45.0 Å². The Bertz CT molecular complexity index is 1350. The first-order chi connectivity index (χ1) is 18.6. The number of rotatable bonds is 13. The van der Waals surface area contributed by atoms with Gasteiger partial charge in [-0.2, -0.15) is 8.76 Å². The molecule has 1 heterocycles. The van der Waals surface area contributed by atoms with Crippen molar-refractivity contribution in [1.29, 1.82) is 0 Å². The summed E-state index contributed by atoms with van der Waals surface area (Å²) in [6, 6.07) is 13.6. The van der Waals surface area contributed by atoms with Gasteiger partial charge in [0.15, 0.2) is 22.8 Å². The molecule has 0 radical (unpaired) electrons. The number of hydrogen-bond donors (Lipinski definition) is 1. The summed E-state index contributed by atoms with van der Waals surface area (Å²) >= 11 is 3.26. The normalized spacial score (nSPS) is 12.0. The molecular formula is C30H38BrN3O5. The largest absolute Gasteiger partial charge is 0.493 e. The molecule has 0 aliphatic rings. The number of carbonyl (C=O) groups is 2. The third-order valence-corrected chi connectivity index (χ3v) is 6.68. The molecule has 3 aromatic rings. The van der Waals surface area contributed by atoms with Gasteiger partial charge in [-0.1, -0.05) is 58.0 Å². The van der Waals surface area contributed by atoms with Crippen molar-refractivity contribution in [2.75, 3.05) is 13.7 Å². The van der Waals surface area contributed by atoms with Crippen LogP contribution in [0, 0.1) is 0 Å². The van der Waals surface area contributed by atoms with Crippen molar-refractivity contribution in [3.8, 4) is 11.5 Å². The van der Waals surface area contributed by atoms with Crippen LogP contribution in [-0.4, -0.2) is 30.1 Å². The first-order valence-electron chi connectivity index (χ1n) is 13.2. The zero-order chi connectivity index (χ0) is 28.6. The molecule has 0 atom stereocenters. The highest BCUT2D eigenvalue weighted by molar-refractivity contribution is 9.08. The second-order valence-electron chi connectivity index (χ2n) is 10.5. The summed E-state index contributed by atoms with van der Waals surface area (Å²) in [5.41, 5.74) is 8.92. The van der Waals surface area contributed by atoms with Gasteiger partial charge < -0.3 is 19.7 Å². The second-order valence-corrected chi connectivity index (χ2v) is 10.9. The summed E-state index contributed by atoms with van der Waals surface area (Å²) in [5.74, 6) is 1.29. The molecule has 2 N–H and O–H groups in total. The van der Waals surface area contributed by atoms with Gasteiger partial charge in [-0.25, -0.2) is 0 Å². The van der Waals surface area contributed by atoms with E-state index in [0.29, 0.717) is 35.4 Å². The lowest BCUT2D eigenvalue weighted by Crippen LogP contribution is -2.24. The number of methoxy groups -OCH3 is 1. The van der Waals surface area contributed by atoms with Crippen LogP contribution in [0.25, 0.3) is 0 Å². The van der Waals surface area contributed by atoms with Crippen LogP contribution in [0.4, 0.5) is 0 Å². The van der Waals surface area contributed by atoms with Crippen LogP contribution < -0.4 is 20.7 Å². The van der Waals surface area contributed by atoms with E-state index < -0.39 is 0 Å². The van der Waals surface area contributed by atoms with Gasteiger partial charge in [0.1, 0.15) is 12.3 Å². The van der Waals surface area contributed by atoms with Crippen LogP contribution in [0.3, 0.4) is 0 Å². The first kappa shape index (κ1) is 30.2. The molecule has 0 unspecified atom stereocenters. The third kappa shape index (κ3) is 7.85. The number of benzene rings is 2. The molecule has 0 spiro atoms. The lowest BCUT2D eigenvalue weighted by Gasteiger charge is -2.25. The van der Waals surface area contributed by atoms with Crippen molar-refractivity contribution < 1.29 is 23.6 Å². The molecule has 0 bridgehead atoms. The number of aromatic nitrogens is 1. The predicted octanol–water partition coefficient (Wildman–Crippen LogP) is 5.67. The highest BCUT2D eigenvalue weighted by Crippen LogP contribution is 2.40. The minimum atomic E-state index is -0.387. The fraction of sp³-hybridized carbons (Fsp3) is 0.433. The molecule has 1 amide bonds. The molecule has 0 aliphatic heterocycles. The third-order valence-electron chi connectivity index (χ3n) is 6.35. The zero-order valence-electron chi connectivity index (χ0n) is 23.4. The maximum Gasteiger partial charge on any atom is 0.217 e. The van der Waals surface area contributed by atoms with E-state index in [0.717, 1.165) is 35.3 Å². The Morgan fingerprint density at radius 1 is 1.15 bits per heavy atom. The smallest absolute Gasteiger partial charge is 0.217 e. The van der Waals surface area contributed by atoms with E-state index >= 15 is 0 Å². The van der Waals surface area contributed by atoms with E-state index in [9.17, 15) is 9.59 Å². The van der Waals surface area contributed by atoms with Gasteiger partial charge in [0.25, 0.3) is 0 Å². The fourth-order valence-electron chi connectivity index (χ4n) is 4.40. The molecule has 39 heavy (non-hydrogen) atoms. The van der Waals surface area contributed by atoms with Crippen LogP contribution in [0.15, 0.2) is 51.0 Å². The van der Waals surface area contributed by atoms with Gasteiger partial charge in [-0.05, 0) is 36.0 Å². The van der Waals surface area contributed by atoms with E-state index in [4.69, 9.17) is 19.7 Å². The number of hydrogen-bond acceptors (Lipinski definition) is 6. The Kier molecular flexibility index (Phi) is 10.6. The number of ketones is 1. The van der Waals surface area contributed by atoms with Gasteiger partial charge in [0, 0.05) is 36.0 Å². The topological polar surface area (TPSA) is 109 Å². The van der Waals surface area contributed by atoms with Crippen molar-refractivity contribution in [2.45, 2.75) is 71.8 Å². The van der Waals surface area contributed by atoms with Gasteiger partial charge in [-0.3, -0.25) is 9.59 Å². The quantitative estimate of drug-likeness (QED) is 0.201. The number of ether oxygens (including phenoxy) is 2. The number of nitrogens with zero attached hydrogens (tertiary/aromatic N) is 2. The maximum absolute atomic E-state index is 13.7. The van der Waals surface area contributed by atoms with Crippen LogP contribution in [0.2, 0.25) is 0 Å². The van der Waals surface area contributed by atoms with Crippen molar-refractivity contribution in [2.24, 2.45) is 9.75 Å². The number of halogens is 1. The molecule has 0 aliphatic carbocycles. The highest BCUT2D eigenvalue weighted by atomic mass is 79.9. The number of primary amides is 1. The van der Waals surface area contributed by atoms with Gasteiger partial charge in [0.05, 0.1) is 29.9 Å². The first-order valence-corrected chi connectivity index (χ1v) is 13.9. The summed E-state index contributed by atoms with van der Waals surface area (Å²) in [6.45, 7) is 8.46. The second kappa shape index (κ2) is 13.6. The summed E-state index contributed by atoms with van der Waals surface area (Å²) in [6.07, 6.45) is 2.95. The van der Waals surface area contributed by atoms with E-state index in [2.05, 4.69) is 39.2 Å². The fourth-order valence-corrected chi connectivity index (χ4v) is 4.79. The highest BCUT2D eigenvalue weighted by Gasteiger charge is 2.26. The molecule has 9 heteroatoms. The van der Waals surface area contributed by atoms with Crippen LogP contribution in [-0.2, 0) is 29.6 Å². The molecule has 0 fully saturated rings. The van der Waals surface area contributed by atoms with E-state index in [-0.39, 0.29) is 36.7 Å². The number of amides is 1. The number of Topliss-reactive ketones (excluding diaryl/α,β-unsaturated/α-hetero) is 1. The number of aryl methyl sites for hydroxylation is 1. The van der Waals surface area contributed by atoms with Gasteiger partial charge >= 0.3 is 0 Å². The molecule has 0 saturated carbocycles. The lowest BCUT2D eigenvalue weighted by atomic mass is 9.84. The van der Waals surface area contributed by atoms with Crippen molar-refractivity contribution in [1.82, 2.24) is 4.74 Å². The van der Waals surface area contributed by atoms with Crippen molar-refractivity contribution in [3.63, 3.8) is 0 Å². The van der Waals surface area contributed by atoms with Crippen LogP contribution >= 0.6 is 16.1 Å².